The number of aryl methyl sites for hydroxylation is 1. The van der Waals surface area contributed by atoms with Crippen molar-refractivity contribution in [3.8, 4) is 0 Å². The zero-order chi connectivity index (χ0) is 14.2. The molecule has 0 saturated heterocycles. The quantitative estimate of drug-likeness (QED) is 0.656. The standard InChI is InChI=1S/C17H18N2O/c1-2-14-8-10-16(11-9-14)13-18-19-17(20)12-15-6-4-3-5-7-15/h3-11,13H,2,12H2,1H3,(H,19,20)/b18-13-. The SMILES string of the molecule is CCc1ccc(/C=N\NC(=O)Cc2ccccc2)cc1. The van der Waals surface area contributed by atoms with Gasteiger partial charge in [0.05, 0.1) is 12.6 Å². The highest BCUT2D eigenvalue weighted by molar-refractivity contribution is 5.83. The molecule has 0 aliphatic heterocycles. The van der Waals surface area contributed by atoms with Crippen molar-refractivity contribution in [2.24, 2.45) is 5.10 Å². The van der Waals surface area contributed by atoms with Crippen LogP contribution < -0.4 is 5.43 Å². The van der Waals surface area contributed by atoms with Gasteiger partial charge in [0.1, 0.15) is 0 Å². The second kappa shape index (κ2) is 7.24. The zero-order valence-corrected chi connectivity index (χ0v) is 11.5. The molecular formula is C17H18N2O. The molecule has 0 radical (unpaired) electrons. The fraction of sp³-hybridized carbons (Fsp3) is 0.176. The Hall–Kier alpha value is -2.42. The first-order valence-corrected chi connectivity index (χ1v) is 6.72. The van der Waals surface area contributed by atoms with E-state index in [1.54, 1.807) is 6.21 Å². The van der Waals surface area contributed by atoms with Crippen LogP contribution in [0.2, 0.25) is 0 Å². The van der Waals surface area contributed by atoms with Crippen LogP contribution in [-0.4, -0.2) is 12.1 Å². The summed E-state index contributed by atoms with van der Waals surface area (Å²) in [6, 6.07) is 17.7. The average Bonchev–Trinajstić information content (AvgIpc) is 2.49. The van der Waals surface area contributed by atoms with Crippen molar-refractivity contribution in [3.63, 3.8) is 0 Å². The molecule has 20 heavy (non-hydrogen) atoms. The fourth-order valence-corrected chi connectivity index (χ4v) is 1.84. The topological polar surface area (TPSA) is 41.5 Å². The number of nitrogens with one attached hydrogen (secondary N) is 1. The molecular weight excluding hydrogens is 248 g/mol. The van der Waals surface area contributed by atoms with Crippen molar-refractivity contribution >= 4 is 12.1 Å². The number of carbonyl (C=O) groups is 1. The molecule has 0 aromatic heterocycles. The maximum absolute atomic E-state index is 11.7. The van der Waals surface area contributed by atoms with Gasteiger partial charge in [-0.15, -0.1) is 0 Å². The molecule has 3 nitrogen and oxygen atoms in total. The minimum absolute atomic E-state index is 0.113. The molecule has 2 aromatic carbocycles. The van der Waals surface area contributed by atoms with E-state index in [1.165, 1.54) is 5.56 Å². The normalized spacial score (nSPS) is 10.7. The molecule has 0 heterocycles. The average molecular weight is 266 g/mol. The Morgan fingerprint density at radius 3 is 2.40 bits per heavy atom. The van der Waals surface area contributed by atoms with E-state index in [-0.39, 0.29) is 5.91 Å². The van der Waals surface area contributed by atoms with Crippen LogP contribution in [0, 0.1) is 0 Å². The van der Waals surface area contributed by atoms with E-state index in [9.17, 15) is 4.79 Å². The third-order valence-electron chi connectivity index (χ3n) is 3.00. The number of carbonyl (C=O) groups excluding carboxylic acids is 1. The molecule has 1 N–H and O–H groups in total. The van der Waals surface area contributed by atoms with E-state index in [0.717, 1.165) is 17.5 Å². The van der Waals surface area contributed by atoms with E-state index in [2.05, 4.69) is 29.6 Å². The van der Waals surface area contributed by atoms with E-state index in [1.807, 2.05) is 42.5 Å². The predicted molar refractivity (Wildman–Crippen MR) is 81.7 cm³/mol. The smallest absolute Gasteiger partial charge is 0.244 e. The predicted octanol–water partition coefficient (Wildman–Crippen LogP) is 2.94. The highest BCUT2D eigenvalue weighted by atomic mass is 16.2. The second-order valence-electron chi connectivity index (χ2n) is 4.55. The zero-order valence-electron chi connectivity index (χ0n) is 11.5. The van der Waals surface area contributed by atoms with Gasteiger partial charge >= 0.3 is 0 Å². The van der Waals surface area contributed by atoms with Crippen molar-refractivity contribution in [1.82, 2.24) is 5.43 Å². The molecule has 0 aliphatic carbocycles. The molecule has 0 fully saturated rings. The highest BCUT2D eigenvalue weighted by Gasteiger charge is 2.00. The third-order valence-corrected chi connectivity index (χ3v) is 3.00. The van der Waals surface area contributed by atoms with Gasteiger partial charge in [0.2, 0.25) is 5.91 Å². The lowest BCUT2D eigenvalue weighted by Gasteiger charge is -2.00. The van der Waals surface area contributed by atoms with Crippen LogP contribution in [0.1, 0.15) is 23.6 Å². The first-order chi connectivity index (χ1) is 9.78. The van der Waals surface area contributed by atoms with Crippen molar-refractivity contribution in [1.29, 1.82) is 0 Å². The molecule has 0 atom stereocenters. The number of hydrogen-bond donors (Lipinski definition) is 1. The largest absolute Gasteiger partial charge is 0.273 e. The molecule has 0 unspecified atom stereocenters. The number of rotatable bonds is 5. The fourth-order valence-electron chi connectivity index (χ4n) is 1.84. The molecule has 1 amide bonds. The molecule has 0 saturated carbocycles. The summed E-state index contributed by atoms with van der Waals surface area (Å²) in [5, 5.41) is 3.97. The maximum atomic E-state index is 11.7. The lowest BCUT2D eigenvalue weighted by atomic mass is 10.1. The minimum Gasteiger partial charge on any atom is -0.273 e. The summed E-state index contributed by atoms with van der Waals surface area (Å²) in [5.74, 6) is -0.113. The van der Waals surface area contributed by atoms with Gasteiger partial charge in [0.25, 0.3) is 0 Å². The monoisotopic (exact) mass is 266 g/mol. The first-order valence-electron chi connectivity index (χ1n) is 6.72. The van der Waals surface area contributed by atoms with Gasteiger partial charge in [-0.2, -0.15) is 5.10 Å². The van der Waals surface area contributed by atoms with Crippen molar-refractivity contribution in [2.75, 3.05) is 0 Å². The Bertz CT molecular complexity index is 574. The molecule has 3 heteroatoms. The van der Waals surface area contributed by atoms with Crippen LogP contribution in [0.3, 0.4) is 0 Å². The Kier molecular flexibility index (Phi) is 5.07. The molecule has 0 spiro atoms. The number of benzene rings is 2. The first kappa shape index (κ1) is 14.0. The van der Waals surface area contributed by atoms with E-state index in [0.29, 0.717) is 6.42 Å². The van der Waals surface area contributed by atoms with Crippen LogP contribution in [0.25, 0.3) is 0 Å². The lowest BCUT2D eigenvalue weighted by molar-refractivity contribution is -0.120. The molecule has 2 rings (SSSR count). The van der Waals surface area contributed by atoms with Crippen molar-refractivity contribution in [2.45, 2.75) is 19.8 Å². The second-order valence-corrected chi connectivity index (χ2v) is 4.55. The summed E-state index contributed by atoms with van der Waals surface area (Å²) >= 11 is 0. The lowest BCUT2D eigenvalue weighted by Crippen LogP contribution is -2.19. The van der Waals surface area contributed by atoms with Crippen LogP contribution in [0.5, 0.6) is 0 Å². The third kappa shape index (κ3) is 4.35. The number of amides is 1. The molecule has 0 bridgehead atoms. The van der Waals surface area contributed by atoms with Gasteiger partial charge in [0, 0.05) is 0 Å². The summed E-state index contributed by atoms with van der Waals surface area (Å²) in [6.45, 7) is 2.12. The minimum atomic E-state index is -0.113. The van der Waals surface area contributed by atoms with Crippen LogP contribution >= 0.6 is 0 Å². The summed E-state index contributed by atoms with van der Waals surface area (Å²) < 4.78 is 0. The van der Waals surface area contributed by atoms with Gasteiger partial charge in [-0.1, -0.05) is 61.5 Å². The number of nitrogens with zero attached hydrogens (tertiary/aromatic N) is 1. The summed E-state index contributed by atoms with van der Waals surface area (Å²) in [4.78, 5) is 11.7. The van der Waals surface area contributed by atoms with Crippen molar-refractivity contribution in [3.05, 3.63) is 71.3 Å². The van der Waals surface area contributed by atoms with Crippen molar-refractivity contribution < 1.29 is 4.79 Å². The molecule has 2 aromatic rings. The highest BCUT2D eigenvalue weighted by Crippen LogP contribution is 2.03. The molecule has 102 valence electrons. The van der Waals surface area contributed by atoms with Gasteiger partial charge < -0.3 is 0 Å². The van der Waals surface area contributed by atoms with Gasteiger partial charge in [-0.05, 0) is 23.1 Å². The van der Waals surface area contributed by atoms with E-state index >= 15 is 0 Å². The summed E-state index contributed by atoms with van der Waals surface area (Å²) in [6.07, 6.45) is 3.01. The van der Waals surface area contributed by atoms with Crippen LogP contribution in [-0.2, 0) is 17.6 Å². The maximum Gasteiger partial charge on any atom is 0.244 e. The van der Waals surface area contributed by atoms with E-state index < -0.39 is 0 Å². The summed E-state index contributed by atoms with van der Waals surface area (Å²) in [7, 11) is 0. The van der Waals surface area contributed by atoms with Gasteiger partial charge in [-0.3, -0.25) is 4.79 Å². The molecule has 0 aliphatic rings. The Balaban J connectivity index is 1.84. The Morgan fingerprint density at radius 2 is 1.75 bits per heavy atom. The number of hydrazone groups is 1. The number of hydrogen-bond acceptors (Lipinski definition) is 2. The van der Waals surface area contributed by atoms with E-state index in [4.69, 9.17) is 0 Å². The van der Waals surface area contributed by atoms with Gasteiger partial charge in [0.15, 0.2) is 0 Å². The van der Waals surface area contributed by atoms with Crippen LogP contribution in [0.15, 0.2) is 59.7 Å². The van der Waals surface area contributed by atoms with Gasteiger partial charge in [-0.25, -0.2) is 5.43 Å². The Labute approximate surface area is 119 Å². The Morgan fingerprint density at radius 1 is 1.05 bits per heavy atom. The summed E-state index contributed by atoms with van der Waals surface area (Å²) in [5.41, 5.74) is 5.78. The van der Waals surface area contributed by atoms with Crippen LogP contribution in [0.4, 0.5) is 0 Å².